The summed E-state index contributed by atoms with van der Waals surface area (Å²) in [6.45, 7) is 3.52. The van der Waals surface area contributed by atoms with Crippen molar-refractivity contribution in [2.75, 3.05) is 33.2 Å². The Labute approximate surface area is 111 Å². The second-order valence-corrected chi connectivity index (χ2v) is 4.96. The van der Waals surface area contributed by atoms with Gasteiger partial charge in [-0.05, 0) is 12.6 Å². The molecule has 0 unspecified atom stereocenters. The topological polar surface area (TPSA) is 65.1 Å². The SMILES string of the molecule is CN1CCN(C(=O)Cc2c[nH]c3ncncc23)CC1. The van der Waals surface area contributed by atoms with Crippen LogP contribution in [0.2, 0.25) is 0 Å². The van der Waals surface area contributed by atoms with Crippen molar-refractivity contribution in [3.05, 3.63) is 24.3 Å². The molecule has 3 rings (SSSR count). The van der Waals surface area contributed by atoms with Crippen LogP contribution in [0.15, 0.2) is 18.7 Å². The minimum atomic E-state index is 0.179. The quantitative estimate of drug-likeness (QED) is 0.841. The molecule has 3 heterocycles. The lowest BCUT2D eigenvalue weighted by Crippen LogP contribution is -2.47. The number of piperazine rings is 1. The number of likely N-dealkylation sites (N-methyl/N-ethyl adjacent to an activating group) is 1. The molecule has 1 amide bonds. The van der Waals surface area contributed by atoms with Crippen LogP contribution in [0.5, 0.6) is 0 Å². The van der Waals surface area contributed by atoms with Crippen molar-refractivity contribution in [1.29, 1.82) is 0 Å². The third-order valence-corrected chi connectivity index (χ3v) is 3.64. The fraction of sp³-hybridized carbons (Fsp3) is 0.462. The minimum Gasteiger partial charge on any atom is -0.346 e. The molecule has 100 valence electrons. The molecule has 1 saturated heterocycles. The van der Waals surface area contributed by atoms with Crippen LogP contribution in [0, 0.1) is 0 Å². The van der Waals surface area contributed by atoms with E-state index < -0.39 is 0 Å². The van der Waals surface area contributed by atoms with E-state index in [2.05, 4.69) is 26.9 Å². The first-order chi connectivity index (χ1) is 9.24. The van der Waals surface area contributed by atoms with Gasteiger partial charge in [0.15, 0.2) is 0 Å². The smallest absolute Gasteiger partial charge is 0.227 e. The van der Waals surface area contributed by atoms with E-state index in [0.29, 0.717) is 6.42 Å². The first kappa shape index (κ1) is 12.1. The van der Waals surface area contributed by atoms with Crippen molar-refractivity contribution in [3.63, 3.8) is 0 Å². The summed E-state index contributed by atoms with van der Waals surface area (Å²) in [5, 5.41) is 0.935. The van der Waals surface area contributed by atoms with Crippen molar-refractivity contribution in [2.24, 2.45) is 0 Å². The van der Waals surface area contributed by atoms with Crippen molar-refractivity contribution in [3.8, 4) is 0 Å². The van der Waals surface area contributed by atoms with E-state index in [0.717, 1.165) is 42.8 Å². The maximum atomic E-state index is 12.3. The summed E-state index contributed by atoms with van der Waals surface area (Å²) >= 11 is 0. The number of hydrogen-bond acceptors (Lipinski definition) is 4. The van der Waals surface area contributed by atoms with E-state index in [9.17, 15) is 4.79 Å². The number of fused-ring (bicyclic) bond motifs is 1. The fourth-order valence-corrected chi connectivity index (χ4v) is 2.39. The van der Waals surface area contributed by atoms with Gasteiger partial charge in [0.25, 0.3) is 0 Å². The number of aromatic nitrogens is 3. The lowest BCUT2D eigenvalue weighted by molar-refractivity contribution is -0.132. The van der Waals surface area contributed by atoms with Gasteiger partial charge in [-0.25, -0.2) is 9.97 Å². The van der Waals surface area contributed by atoms with Gasteiger partial charge < -0.3 is 14.8 Å². The number of aromatic amines is 1. The average molecular weight is 259 g/mol. The zero-order valence-electron chi connectivity index (χ0n) is 11.0. The van der Waals surface area contributed by atoms with E-state index in [-0.39, 0.29) is 5.91 Å². The normalized spacial score (nSPS) is 17.0. The molecule has 0 bridgehead atoms. The van der Waals surface area contributed by atoms with Crippen LogP contribution in [-0.2, 0) is 11.2 Å². The lowest BCUT2D eigenvalue weighted by Gasteiger charge is -2.32. The highest BCUT2D eigenvalue weighted by Gasteiger charge is 2.20. The van der Waals surface area contributed by atoms with Crippen molar-refractivity contribution in [1.82, 2.24) is 24.8 Å². The number of nitrogens with one attached hydrogen (secondary N) is 1. The highest BCUT2D eigenvalue weighted by Crippen LogP contribution is 2.16. The molecule has 19 heavy (non-hydrogen) atoms. The maximum absolute atomic E-state index is 12.3. The van der Waals surface area contributed by atoms with Crippen molar-refractivity contribution < 1.29 is 4.79 Å². The zero-order valence-corrected chi connectivity index (χ0v) is 11.0. The molecule has 1 aliphatic rings. The first-order valence-electron chi connectivity index (χ1n) is 6.46. The summed E-state index contributed by atoms with van der Waals surface area (Å²) < 4.78 is 0. The molecule has 1 fully saturated rings. The Morgan fingerprint density at radius 1 is 1.37 bits per heavy atom. The average Bonchev–Trinajstić information content (AvgIpc) is 2.83. The molecule has 0 aliphatic carbocycles. The summed E-state index contributed by atoms with van der Waals surface area (Å²) in [5.74, 6) is 0.179. The molecule has 0 radical (unpaired) electrons. The van der Waals surface area contributed by atoms with Gasteiger partial charge in [0.05, 0.1) is 6.42 Å². The molecule has 0 aromatic carbocycles. The highest BCUT2D eigenvalue weighted by molar-refractivity contribution is 5.86. The van der Waals surface area contributed by atoms with E-state index >= 15 is 0 Å². The van der Waals surface area contributed by atoms with Gasteiger partial charge in [0.2, 0.25) is 5.91 Å². The molecule has 2 aromatic heterocycles. The Kier molecular flexibility index (Phi) is 3.16. The van der Waals surface area contributed by atoms with Crippen LogP contribution in [0.25, 0.3) is 11.0 Å². The lowest BCUT2D eigenvalue weighted by atomic mass is 10.1. The third kappa shape index (κ3) is 2.44. The minimum absolute atomic E-state index is 0.179. The molecule has 2 aromatic rings. The van der Waals surface area contributed by atoms with Crippen LogP contribution in [0.4, 0.5) is 0 Å². The standard InChI is InChI=1S/C13H17N5O/c1-17-2-4-18(5-3-17)12(19)6-10-7-15-13-11(10)8-14-9-16-13/h7-9H,2-6H2,1H3,(H,14,15,16). The Hall–Kier alpha value is -1.95. The summed E-state index contributed by atoms with van der Waals surface area (Å²) in [4.78, 5) is 27.7. The Morgan fingerprint density at radius 2 is 2.16 bits per heavy atom. The number of hydrogen-bond donors (Lipinski definition) is 1. The largest absolute Gasteiger partial charge is 0.346 e. The van der Waals surface area contributed by atoms with E-state index in [1.54, 1.807) is 6.20 Å². The van der Waals surface area contributed by atoms with Crippen LogP contribution >= 0.6 is 0 Å². The number of carbonyl (C=O) groups is 1. The van der Waals surface area contributed by atoms with Crippen molar-refractivity contribution in [2.45, 2.75) is 6.42 Å². The van der Waals surface area contributed by atoms with Gasteiger partial charge >= 0.3 is 0 Å². The monoisotopic (exact) mass is 259 g/mol. The second-order valence-electron chi connectivity index (χ2n) is 4.96. The van der Waals surface area contributed by atoms with Gasteiger partial charge in [-0.15, -0.1) is 0 Å². The molecule has 1 N–H and O–H groups in total. The van der Waals surface area contributed by atoms with E-state index in [1.165, 1.54) is 6.33 Å². The first-order valence-corrected chi connectivity index (χ1v) is 6.46. The zero-order chi connectivity index (χ0) is 13.2. The highest BCUT2D eigenvalue weighted by atomic mass is 16.2. The van der Waals surface area contributed by atoms with Gasteiger partial charge in [-0.3, -0.25) is 4.79 Å². The number of rotatable bonds is 2. The summed E-state index contributed by atoms with van der Waals surface area (Å²) in [6.07, 6.45) is 5.53. The second kappa shape index (κ2) is 4.97. The summed E-state index contributed by atoms with van der Waals surface area (Å²) in [6, 6.07) is 0. The summed E-state index contributed by atoms with van der Waals surface area (Å²) in [7, 11) is 2.08. The van der Waals surface area contributed by atoms with Crippen LogP contribution < -0.4 is 0 Å². The van der Waals surface area contributed by atoms with Crippen LogP contribution in [0.3, 0.4) is 0 Å². The molecule has 0 saturated carbocycles. The molecule has 0 atom stereocenters. The van der Waals surface area contributed by atoms with Gasteiger partial charge in [0, 0.05) is 44.0 Å². The molecular formula is C13H17N5O. The molecule has 0 spiro atoms. The van der Waals surface area contributed by atoms with E-state index in [4.69, 9.17) is 0 Å². The molecule has 1 aliphatic heterocycles. The van der Waals surface area contributed by atoms with Gasteiger partial charge in [0.1, 0.15) is 12.0 Å². The van der Waals surface area contributed by atoms with Crippen molar-refractivity contribution >= 4 is 16.9 Å². The molecule has 6 nitrogen and oxygen atoms in total. The number of H-pyrrole nitrogens is 1. The maximum Gasteiger partial charge on any atom is 0.227 e. The Bertz CT molecular complexity index is 585. The van der Waals surface area contributed by atoms with Gasteiger partial charge in [-0.2, -0.15) is 0 Å². The van der Waals surface area contributed by atoms with Crippen LogP contribution in [0.1, 0.15) is 5.56 Å². The molecule has 6 heteroatoms. The van der Waals surface area contributed by atoms with Gasteiger partial charge in [-0.1, -0.05) is 0 Å². The van der Waals surface area contributed by atoms with E-state index in [1.807, 2.05) is 11.1 Å². The van der Waals surface area contributed by atoms with Crippen LogP contribution in [-0.4, -0.2) is 63.9 Å². The predicted octanol–water partition coefficient (Wildman–Crippen LogP) is 0.274. The number of carbonyl (C=O) groups excluding carboxylic acids is 1. The number of nitrogens with zero attached hydrogens (tertiary/aromatic N) is 4. The number of amides is 1. The summed E-state index contributed by atoms with van der Waals surface area (Å²) in [5.41, 5.74) is 1.76. The predicted molar refractivity (Wildman–Crippen MR) is 71.7 cm³/mol. The Balaban J connectivity index is 1.72. The fourth-order valence-electron chi connectivity index (χ4n) is 2.39. The Morgan fingerprint density at radius 3 is 2.95 bits per heavy atom. The molecular weight excluding hydrogens is 242 g/mol. The third-order valence-electron chi connectivity index (χ3n) is 3.64.